The molecule has 2 aromatic rings. The highest BCUT2D eigenvalue weighted by Crippen LogP contribution is 2.24. The third-order valence-electron chi connectivity index (χ3n) is 3.91. The maximum Gasteiger partial charge on any atom is 0.334 e. The van der Waals surface area contributed by atoms with E-state index >= 15 is 0 Å². The van der Waals surface area contributed by atoms with Crippen molar-refractivity contribution in [3.63, 3.8) is 0 Å². The summed E-state index contributed by atoms with van der Waals surface area (Å²) in [4.78, 5) is 38.9. The topological polar surface area (TPSA) is 66.9 Å². The van der Waals surface area contributed by atoms with E-state index in [1.807, 2.05) is 12.1 Å². The molecule has 0 bridgehead atoms. The van der Waals surface area contributed by atoms with Crippen LogP contribution in [0.1, 0.15) is 11.1 Å². The number of urea groups is 1. The molecular weight excluding hydrogens is 388 g/mol. The Morgan fingerprint density at radius 3 is 2.12 bits per heavy atom. The van der Waals surface area contributed by atoms with Gasteiger partial charge in [-0.2, -0.15) is 0 Å². The van der Waals surface area contributed by atoms with Gasteiger partial charge in [-0.1, -0.05) is 46.3 Å². The predicted molar refractivity (Wildman–Crippen MR) is 93.6 cm³/mol. The van der Waals surface area contributed by atoms with Gasteiger partial charge in [0, 0.05) is 10.0 Å². The predicted octanol–water partition coefficient (Wildman–Crippen LogP) is 2.95. The molecule has 1 saturated heterocycles. The molecule has 2 aromatic carbocycles. The molecule has 6 nitrogen and oxygen atoms in total. The van der Waals surface area contributed by atoms with E-state index < -0.39 is 17.8 Å². The van der Waals surface area contributed by atoms with Crippen LogP contribution in [0.3, 0.4) is 0 Å². The number of carbonyl (C=O) groups excluding carboxylic acids is 3. The van der Waals surface area contributed by atoms with Crippen molar-refractivity contribution in [2.24, 2.45) is 0 Å². The van der Waals surface area contributed by atoms with Crippen LogP contribution in [0.15, 0.2) is 53.0 Å². The van der Waals surface area contributed by atoms with Gasteiger partial charge in [0.15, 0.2) is 0 Å². The van der Waals surface area contributed by atoms with E-state index in [2.05, 4.69) is 15.9 Å². The second-order valence-electron chi connectivity index (χ2n) is 5.50. The molecule has 0 radical (unpaired) electrons. The summed E-state index contributed by atoms with van der Waals surface area (Å²) in [7, 11) is 1.51. The summed E-state index contributed by atoms with van der Waals surface area (Å²) >= 11 is 3.33. The molecule has 7 heteroatoms. The molecule has 0 aromatic heterocycles. The average Bonchev–Trinajstić information content (AvgIpc) is 2.82. The Kier molecular flexibility index (Phi) is 4.85. The second-order valence-corrected chi connectivity index (χ2v) is 6.42. The summed E-state index contributed by atoms with van der Waals surface area (Å²) in [5.74, 6) is -1.09. The number of imide groups is 2. The van der Waals surface area contributed by atoms with Crippen molar-refractivity contribution in [2.45, 2.75) is 13.1 Å². The van der Waals surface area contributed by atoms with Crippen LogP contribution in [0, 0.1) is 0 Å². The van der Waals surface area contributed by atoms with Crippen molar-refractivity contribution in [1.82, 2.24) is 9.80 Å². The Labute approximate surface area is 153 Å². The van der Waals surface area contributed by atoms with Crippen LogP contribution in [0.5, 0.6) is 5.75 Å². The van der Waals surface area contributed by atoms with Crippen molar-refractivity contribution < 1.29 is 19.1 Å². The molecule has 0 N–H and O–H groups in total. The lowest BCUT2D eigenvalue weighted by atomic mass is 10.2. The normalized spacial score (nSPS) is 14.4. The maximum atomic E-state index is 12.6. The largest absolute Gasteiger partial charge is 0.496 e. The number of hydrogen-bond donors (Lipinski definition) is 0. The van der Waals surface area contributed by atoms with Crippen LogP contribution >= 0.6 is 15.9 Å². The number of hydrogen-bond acceptors (Lipinski definition) is 4. The minimum Gasteiger partial charge on any atom is -0.496 e. The lowest BCUT2D eigenvalue weighted by Crippen LogP contribution is -2.32. The first-order valence-corrected chi connectivity index (χ1v) is 8.34. The van der Waals surface area contributed by atoms with E-state index in [-0.39, 0.29) is 13.1 Å². The monoisotopic (exact) mass is 402 g/mol. The van der Waals surface area contributed by atoms with Crippen molar-refractivity contribution in [2.75, 3.05) is 7.11 Å². The number of nitrogens with zero attached hydrogens (tertiary/aromatic N) is 2. The van der Waals surface area contributed by atoms with Crippen molar-refractivity contribution >= 4 is 33.8 Å². The number of rotatable bonds is 5. The van der Waals surface area contributed by atoms with Crippen LogP contribution < -0.4 is 4.74 Å². The zero-order valence-electron chi connectivity index (χ0n) is 13.4. The minimum atomic E-state index is -0.826. The van der Waals surface area contributed by atoms with Gasteiger partial charge in [0.2, 0.25) is 0 Å². The van der Waals surface area contributed by atoms with Crippen molar-refractivity contribution in [1.29, 1.82) is 0 Å². The maximum absolute atomic E-state index is 12.6. The highest BCUT2D eigenvalue weighted by molar-refractivity contribution is 9.10. The molecule has 0 atom stereocenters. The van der Waals surface area contributed by atoms with Gasteiger partial charge in [-0.15, -0.1) is 0 Å². The number of halogens is 1. The first-order chi connectivity index (χ1) is 12.0. The van der Waals surface area contributed by atoms with Gasteiger partial charge in [-0.05, 0) is 23.8 Å². The minimum absolute atomic E-state index is 0.00966. The Balaban J connectivity index is 1.80. The number of carbonyl (C=O) groups is 3. The van der Waals surface area contributed by atoms with Gasteiger partial charge in [-0.3, -0.25) is 19.4 Å². The van der Waals surface area contributed by atoms with Gasteiger partial charge >= 0.3 is 17.8 Å². The molecule has 3 rings (SSSR count). The summed E-state index contributed by atoms with van der Waals surface area (Å²) in [5, 5.41) is 0. The summed E-state index contributed by atoms with van der Waals surface area (Å²) in [6, 6.07) is 13.7. The number of methoxy groups -OCH3 is 1. The molecule has 1 aliphatic rings. The molecule has 0 aliphatic carbocycles. The van der Waals surface area contributed by atoms with Gasteiger partial charge in [0.05, 0.1) is 20.2 Å². The molecule has 1 heterocycles. The van der Waals surface area contributed by atoms with Crippen molar-refractivity contribution in [3.8, 4) is 5.75 Å². The summed E-state index contributed by atoms with van der Waals surface area (Å²) < 4.78 is 6.13. The van der Waals surface area contributed by atoms with Crippen LogP contribution in [0.25, 0.3) is 0 Å². The first-order valence-electron chi connectivity index (χ1n) is 7.55. The Bertz CT molecular complexity index is 835. The lowest BCUT2D eigenvalue weighted by molar-refractivity contribution is -0.143. The fourth-order valence-electron chi connectivity index (χ4n) is 2.61. The summed E-state index contributed by atoms with van der Waals surface area (Å²) in [6.45, 7) is 0.0450. The Hall–Kier alpha value is -2.67. The highest BCUT2D eigenvalue weighted by atomic mass is 79.9. The highest BCUT2D eigenvalue weighted by Gasteiger charge is 2.44. The van der Waals surface area contributed by atoms with E-state index in [1.54, 1.807) is 36.4 Å². The number of benzene rings is 2. The first kappa shape index (κ1) is 17.2. The third-order valence-corrected chi connectivity index (χ3v) is 4.44. The molecule has 25 heavy (non-hydrogen) atoms. The zero-order valence-corrected chi connectivity index (χ0v) is 15.0. The van der Waals surface area contributed by atoms with E-state index in [4.69, 9.17) is 4.74 Å². The molecule has 0 saturated carbocycles. The van der Waals surface area contributed by atoms with Crippen LogP contribution in [0.2, 0.25) is 0 Å². The van der Waals surface area contributed by atoms with Gasteiger partial charge in [-0.25, -0.2) is 4.79 Å². The van der Waals surface area contributed by atoms with Crippen LogP contribution in [0.4, 0.5) is 4.79 Å². The average molecular weight is 403 g/mol. The molecule has 4 amide bonds. The van der Waals surface area contributed by atoms with E-state index in [1.165, 1.54) is 7.11 Å². The smallest absolute Gasteiger partial charge is 0.334 e. The third kappa shape index (κ3) is 3.41. The SMILES string of the molecule is COc1ccccc1CN1C(=O)C(=O)N(Cc2ccc(Br)cc2)C1=O. The van der Waals surface area contributed by atoms with Crippen LogP contribution in [-0.2, 0) is 22.7 Å². The number of amides is 4. The quantitative estimate of drug-likeness (QED) is 0.569. The van der Waals surface area contributed by atoms with E-state index in [9.17, 15) is 14.4 Å². The summed E-state index contributed by atoms with van der Waals surface area (Å²) in [6.07, 6.45) is 0. The molecule has 128 valence electrons. The number of para-hydroxylation sites is 1. The fraction of sp³-hybridized carbons (Fsp3) is 0.167. The van der Waals surface area contributed by atoms with E-state index in [0.717, 1.165) is 19.8 Å². The summed E-state index contributed by atoms with van der Waals surface area (Å²) in [5.41, 5.74) is 1.42. The van der Waals surface area contributed by atoms with Crippen molar-refractivity contribution in [3.05, 3.63) is 64.1 Å². The van der Waals surface area contributed by atoms with Gasteiger partial charge in [0.25, 0.3) is 0 Å². The molecule has 1 aliphatic heterocycles. The fourth-order valence-corrected chi connectivity index (χ4v) is 2.87. The zero-order chi connectivity index (χ0) is 18.0. The molecular formula is C18H15BrN2O4. The standard InChI is InChI=1S/C18H15BrN2O4/c1-25-15-5-3-2-4-13(15)11-21-17(23)16(22)20(18(21)24)10-12-6-8-14(19)9-7-12/h2-9H,10-11H2,1H3. The molecule has 1 fully saturated rings. The molecule has 0 unspecified atom stereocenters. The van der Waals surface area contributed by atoms with Gasteiger partial charge < -0.3 is 4.74 Å². The lowest BCUT2D eigenvalue weighted by Gasteiger charge is -2.17. The Morgan fingerprint density at radius 1 is 0.880 bits per heavy atom. The van der Waals surface area contributed by atoms with Crippen LogP contribution in [-0.4, -0.2) is 34.8 Å². The Morgan fingerprint density at radius 2 is 1.48 bits per heavy atom. The second kappa shape index (κ2) is 7.06. The van der Waals surface area contributed by atoms with Gasteiger partial charge in [0.1, 0.15) is 5.75 Å². The number of ether oxygens (including phenoxy) is 1. The molecule has 0 spiro atoms. The van der Waals surface area contributed by atoms with E-state index in [0.29, 0.717) is 11.3 Å².